The molecule has 2 saturated carbocycles. The molecule has 5 heteroatoms. The normalized spacial score (nSPS) is 32.7. The molecule has 26 heavy (non-hydrogen) atoms. The lowest BCUT2D eigenvalue weighted by atomic mass is 9.86. The van der Waals surface area contributed by atoms with E-state index in [4.69, 9.17) is 0 Å². The number of likely N-dealkylation sites (tertiary alicyclic amines) is 1. The molecule has 4 aliphatic rings. The number of nitrogens with zero attached hydrogens (tertiary/aromatic N) is 3. The lowest BCUT2D eigenvalue weighted by Crippen LogP contribution is -2.52. The van der Waals surface area contributed by atoms with Crippen molar-refractivity contribution < 1.29 is 9.59 Å². The molecule has 0 aromatic rings. The Labute approximate surface area is 158 Å². The third kappa shape index (κ3) is 4.24. The monoisotopic (exact) mass is 361 g/mol. The summed E-state index contributed by atoms with van der Waals surface area (Å²) < 4.78 is 0. The van der Waals surface area contributed by atoms with Crippen LogP contribution in [0.4, 0.5) is 0 Å². The van der Waals surface area contributed by atoms with Crippen molar-refractivity contribution in [2.75, 3.05) is 45.8 Å². The van der Waals surface area contributed by atoms with Crippen LogP contribution in [0.5, 0.6) is 0 Å². The second kappa shape index (κ2) is 8.28. The van der Waals surface area contributed by atoms with Crippen molar-refractivity contribution in [1.29, 1.82) is 0 Å². The van der Waals surface area contributed by atoms with Crippen LogP contribution in [0.3, 0.4) is 0 Å². The Kier molecular flexibility index (Phi) is 5.82. The summed E-state index contributed by atoms with van der Waals surface area (Å²) in [6, 6.07) is 0. The first kappa shape index (κ1) is 18.3. The van der Waals surface area contributed by atoms with Crippen LogP contribution >= 0.6 is 0 Å². The van der Waals surface area contributed by atoms with Crippen molar-refractivity contribution >= 4 is 11.8 Å². The zero-order chi connectivity index (χ0) is 17.9. The van der Waals surface area contributed by atoms with Crippen molar-refractivity contribution in [3.63, 3.8) is 0 Å². The summed E-state index contributed by atoms with van der Waals surface area (Å²) in [5, 5.41) is 0. The molecule has 0 spiro atoms. The van der Waals surface area contributed by atoms with Crippen LogP contribution < -0.4 is 0 Å². The molecule has 2 aliphatic carbocycles. The molecule has 2 amide bonds. The minimum absolute atomic E-state index is 0.286. The smallest absolute Gasteiger partial charge is 0.236 e. The van der Waals surface area contributed by atoms with Crippen molar-refractivity contribution in [1.82, 2.24) is 14.7 Å². The summed E-state index contributed by atoms with van der Waals surface area (Å²) >= 11 is 0. The van der Waals surface area contributed by atoms with E-state index in [-0.39, 0.29) is 5.91 Å². The Balaban J connectivity index is 1.19. The molecule has 5 nitrogen and oxygen atoms in total. The van der Waals surface area contributed by atoms with Crippen molar-refractivity contribution in [2.24, 2.45) is 17.8 Å². The predicted molar refractivity (Wildman–Crippen MR) is 102 cm³/mol. The Hall–Kier alpha value is -1.10. The molecule has 146 valence electrons. The van der Waals surface area contributed by atoms with Crippen molar-refractivity contribution in [3.05, 3.63) is 0 Å². The minimum Gasteiger partial charge on any atom is -0.342 e. The van der Waals surface area contributed by atoms with E-state index in [0.29, 0.717) is 18.4 Å². The summed E-state index contributed by atoms with van der Waals surface area (Å²) in [6.45, 7) is 5.69. The fourth-order valence-corrected chi connectivity index (χ4v) is 5.75. The fourth-order valence-electron chi connectivity index (χ4n) is 5.75. The summed E-state index contributed by atoms with van der Waals surface area (Å²) in [5.41, 5.74) is 0. The summed E-state index contributed by atoms with van der Waals surface area (Å²) in [7, 11) is 0. The first-order valence-electron chi connectivity index (χ1n) is 11.0. The van der Waals surface area contributed by atoms with E-state index in [0.717, 1.165) is 70.4 Å². The molecule has 0 aromatic carbocycles. The van der Waals surface area contributed by atoms with Gasteiger partial charge in [0.2, 0.25) is 11.8 Å². The van der Waals surface area contributed by atoms with Gasteiger partial charge in [0.15, 0.2) is 0 Å². The third-order valence-electron chi connectivity index (χ3n) is 7.36. The Morgan fingerprint density at radius 1 is 0.731 bits per heavy atom. The zero-order valence-electron chi connectivity index (χ0n) is 16.2. The second-order valence-corrected chi connectivity index (χ2v) is 9.09. The molecule has 0 aromatic heterocycles. The highest BCUT2D eigenvalue weighted by Gasteiger charge is 2.40. The van der Waals surface area contributed by atoms with Crippen molar-refractivity contribution in [2.45, 2.75) is 57.8 Å². The van der Waals surface area contributed by atoms with Crippen LogP contribution in [-0.4, -0.2) is 72.3 Å². The summed E-state index contributed by atoms with van der Waals surface area (Å²) in [6.07, 6.45) is 11.0. The number of rotatable bonds is 4. The molecule has 4 rings (SSSR count). The van der Waals surface area contributed by atoms with Gasteiger partial charge in [-0.25, -0.2) is 0 Å². The SMILES string of the molecule is O=C(C[C@H]1C[C@H]2CC[C@H]1C2)N1CCN(CC(=O)N2CCCCCC2)CC1. The van der Waals surface area contributed by atoms with E-state index in [9.17, 15) is 9.59 Å². The van der Waals surface area contributed by atoms with Gasteiger partial charge in [-0.2, -0.15) is 0 Å². The van der Waals surface area contributed by atoms with E-state index >= 15 is 0 Å². The third-order valence-corrected chi connectivity index (χ3v) is 7.36. The van der Waals surface area contributed by atoms with E-state index in [2.05, 4.69) is 14.7 Å². The lowest BCUT2D eigenvalue weighted by molar-refractivity contribution is -0.136. The maximum Gasteiger partial charge on any atom is 0.236 e. The van der Waals surface area contributed by atoms with Gasteiger partial charge in [0.1, 0.15) is 0 Å². The minimum atomic E-state index is 0.286. The van der Waals surface area contributed by atoms with Gasteiger partial charge in [-0.1, -0.05) is 19.3 Å². The molecule has 2 aliphatic heterocycles. The van der Waals surface area contributed by atoms with Gasteiger partial charge in [-0.3, -0.25) is 14.5 Å². The topological polar surface area (TPSA) is 43.9 Å². The molecule has 0 radical (unpaired) electrons. The number of hydrogen-bond donors (Lipinski definition) is 0. The van der Waals surface area contributed by atoms with Crippen LogP contribution in [0.25, 0.3) is 0 Å². The maximum absolute atomic E-state index is 12.7. The fraction of sp³-hybridized carbons (Fsp3) is 0.905. The Morgan fingerprint density at radius 3 is 2.04 bits per heavy atom. The number of carbonyl (C=O) groups is 2. The second-order valence-electron chi connectivity index (χ2n) is 9.09. The molecule has 0 unspecified atom stereocenters. The Bertz CT molecular complexity index is 507. The van der Waals surface area contributed by atoms with E-state index in [1.165, 1.54) is 38.5 Å². The average molecular weight is 362 g/mol. The molecule has 2 bridgehead atoms. The average Bonchev–Trinajstić information content (AvgIpc) is 3.15. The van der Waals surface area contributed by atoms with Crippen LogP contribution in [0.1, 0.15) is 57.8 Å². The molecular weight excluding hydrogens is 326 g/mol. The molecule has 3 atom stereocenters. The maximum atomic E-state index is 12.7. The molecule has 2 saturated heterocycles. The molecule has 0 N–H and O–H groups in total. The van der Waals surface area contributed by atoms with Crippen LogP contribution in [-0.2, 0) is 9.59 Å². The van der Waals surface area contributed by atoms with Gasteiger partial charge < -0.3 is 9.80 Å². The first-order valence-corrected chi connectivity index (χ1v) is 11.0. The molecule has 2 heterocycles. The number of piperazine rings is 1. The van der Waals surface area contributed by atoms with Gasteiger partial charge in [-0.15, -0.1) is 0 Å². The zero-order valence-corrected chi connectivity index (χ0v) is 16.2. The van der Waals surface area contributed by atoms with E-state index < -0.39 is 0 Å². The highest BCUT2D eigenvalue weighted by molar-refractivity contribution is 5.78. The molecule has 4 fully saturated rings. The van der Waals surface area contributed by atoms with Gasteiger partial charge >= 0.3 is 0 Å². The van der Waals surface area contributed by atoms with Crippen molar-refractivity contribution in [3.8, 4) is 0 Å². The van der Waals surface area contributed by atoms with E-state index in [1.54, 1.807) is 0 Å². The Morgan fingerprint density at radius 2 is 1.42 bits per heavy atom. The number of carbonyl (C=O) groups excluding carboxylic acids is 2. The highest BCUT2D eigenvalue weighted by Crippen LogP contribution is 2.49. The molecular formula is C21H35N3O2. The summed E-state index contributed by atoms with van der Waals surface area (Å²) in [4.78, 5) is 31.6. The van der Waals surface area contributed by atoms with Crippen LogP contribution in [0, 0.1) is 17.8 Å². The van der Waals surface area contributed by atoms with Gasteiger partial charge in [-0.05, 0) is 49.9 Å². The largest absolute Gasteiger partial charge is 0.342 e. The summed E-state index contributed by atoms with van der Waals surface area (Å²) in [5.74, 6) is 3.05. The van der Waals surface area contributed by atoms with Gasteiger partial charge in [0.25, 0.3) is 0 Å². The van der Waals surface area contributed by atoms with Crippen LogP contribution in [0.15, 0.2) is 0 Å². The van der Waals surface area contributed by atoms with Gasteiger partial charge in [0, 0.05) is 45.7 Å². The van der Waals surface area contributed by atoms with Gasteiger partial charge in [0.05, 0.1) is 6.54 Å². The number of amides is 2. The quantitative estimate of drug-likeness (QED) is 0.772. The van der Waals surface area contributed by atoms with Crippen LogP contribution in [0.2, 0.25) is 0 Å². The number of fused-ring (bicyclic) bond motifs is 2. The highest BCUT2D eigenvalue weighted by atomic mass is 16.2. The predicted octanol–water partition coefficient (Wildman–Crippen LogP) is 2.36. The van der Waals surface area contributed by atoms with E-state index in [1.807, 2.05) is 0 Å². The lowest BCUT2D eigenvalue weighted by Gasteiger charge is -2.36. The first-order chi connectivity index (χ1) is 12.7. The standard InChI is InChI=1S/C21H35N3O2/c25-20(15-19-14-17-5-6-18(19)13-17)24-11-9-22(10-12-24)16-21(26)23-7-3-1-2-4-8-23/h17-19H,1-16H2/t17-,18-,19+/m0/s1. The number of hydrogen-bond acceptors (Lipinski definition) is 3.